The second kappa shape index (κ2) is 6.66. The van der Waals surface area contributed by atoms with E-state index in [2.05, 4.69) is 10.1 Å². The van der Waals surface area contributed by atoms with Crippen LogP contribution in [0.15, 0.2) is 54.6 Å². The summed E-state index contributed by atoms with van der Waals surface area (Å²) in [6.45, 7) is 4.02. The Labute approximate surface area is 141 Å². The summed E-state index contributed by atoms with van der Waals surface area (Å²) in [6.07, 6.45) is 0. The number of carbonyl (C=O) groups excluding carboxylic acids is 1. The van der Waals surface area contributed by atoms with Crippen LogP contribution in [0.4, 0.5) is 5.69 Å². The third kappa shape index (κ3) is 3.20. The molecule has 0 bridgehead atoms. The van der Waals surface area contributed by atoms with Gasteiger partial charge in [-0.1, -0.05) is 42.5 Å². The van der Waals surface area contributed by atoms with Crippen molar-refractivity contribution in [2.24, 2.45) is 0 Å². The van der Waals surface area contributed by atoms with E-state index in [1.54, 1.807) is 16.6 Å². The van der Waals surface area contributed by atoms with Gasteiger partial charge in [-0.25, -0.2) is 9.67 Å². The van der Waals surface area contributed by atoms with Crippen molar-refractivity contribution in [3.8, 4) is 11.4 Å². The van der Waals surface area contributed by atoms with E-state index in [1.165, 1.54) is 0 Å². The van der Waals surface area contributed by atoms with Crippen molar-refractivity contribution in [2.75, 3.05) is 11.9 Å². The molecule has 5 nitrogen and oxygen atoms in total. The fourth-order valence-corrected chi connectivity index (χ4v) is 2.62. The predicted molar refractivity (Wildman–Crippen MR) is 94.8 cm³/mol. The molecule has 5 heteroatoms. The maximum atomic E-state index is 12.6. The minimum atomic E-state index is -0.0408. The average molecular weight is 320 g/mol. The monoisotopic (exact) mass is 320 g/mol. The molecule has 0 saturated carbocycles. The van der Waals surface area contributed by atoms with Gasteiger partial charge in [0.25, 0.3) is 0 Å². The van der Waals surface area contributed by atoms with Crippen molar-refractivity contribution in [1.82, 2.24) is 14.8 Å². The molecule has 0 aliphatic rings. The highest BCUT2D eigenvalue weighted by atomic mass is 16.2. The maximum Gasteiger partial charge on any atom is 0.248 e. The van der Waals surface area contributed by atoms with Gasteiger partial charge in [0.05, 0.1) is 0 Å². The molecule has 2 aromatic carbocycles. The fraction of sp³-hybridized carbons (Fsp3) is 0.211. The normalized spacial score (nSPS) is 10.6. The van der Waals surface area contributed by atoms with Gasteiger partial charge < -0.3 is 4.90 Å². The molecule has 0 saturated heterocycles. The van der Waals surface area contributed by atoms with E-state index >= 15 is 0 Å². The highest BCUT2D eigenvalue weighted by Crippen LogP contribution is 2.22. The molecule has 0 radical (unpaired) electrons. The summed E-state index contributed by atoms with van der Waals surface area (Å²) in [7, 11) is 1.77. The zero-order chi connectivity index (χ0) is 17.1. The van der Waals surface area contributed by atoms with Crippen LogP contribution in [0.2, 0.25) is 0 Å². The van der Waals surface area contributed by atoms with E-state index in [0.717, 1.165) is 22.6 Å². The number of anilines is 1. The van der Waals surface area contributed by atoms with Crippen molar-refractivity contribution >= 4 is 11.6 Å². The van der Waals surface area contributed by atoms with Crippen LogP contribution in [0.1, 0.15) is 11.4 Å². The summed E-state index contributed by atoms with van der Waals surface area (Å²) in [6, 6.07) is 17.6. The molecular formula is C19H20N4O. The highest BCUT2D eigenvalue weighted by Gasteiger charge is 2.17. The third-order valence-electron chi connectivity index (χ3n) is 3.97. The molecule has 122 valence electrons. The van der Waals surface area contributed by atoms with Crippen LogP contribution in [0.25, 0.3) is 11.4 Å². The number of benzene rings is 2. The number of nitrogens with zero attached hydrogens (tertiary/aromatic N) is 4. The molecule has 0 fully saturated rings. The average Bonchev–Trinajstić information content (AvgIpc) is 2.95. The Morgan fingerprint density at radius 3 is 2.42 bits per heavy atom. The second-order valence-corrected chi connectivity index (χ2v) is 5.74. The molecule has 3 aromatic rings. The van der Waals surface area contributed by atoms with Crippen molar-refractivity contribution in [3.05, 3.63) is 66.0 Å². The van der Waals surface area contributed by atoms with Crippen molar-refractivity contribution in [3.63, 3.8) is 0 Å². The van der Waals surface area contributed by atoms with E-state index < -0.39 is 0 Å². The number of hydrogen-bond donors (Lipinski definition) is 0. The van der Waals surface area contributed by atoms with Gasteiger partial charge >= 0.3 is 0 Å². The summed E-state index contributed by atoms with van der Waals surface area (Å²) in [5.41, 5.74) is 2.96. The van der Waals surface area contributed by atoms with Crippen LogP contribution in [0.3, 0.4) is 0 Å². The Bertz CT molecular complexity index is 855. The van der Waals surface area contributed by atoms with Gasteiger partial charge in [0.1, 0.15) is 12.4 Å². The topological polar surface area (TPSA) is 51.0 Å². The highest BCUT2D eigenvalue weighted by molar-refractivity contribution is 5.92. The van der Waals surface area contributed by atoms with Crippen LogP contribution in [-0.2, 0) is 11.3 Å². The molecule has 3 rings (SSSR count). The standard InChI is InChI=1S/C19H20N4O/c1-14-9-7-8-12-17(14)19-20-15(2)21-23(19)13-18(24)22(3)16-10-5-4-6-11-16/h4-12H,13H2,1-3H3. The number of hydrogen-bond acceptors (Lipinski definition) is 3. The molecule has 0 N–H and O–H groups in total. The minimum absolute atomic E-state index is 0.0408. The van der Waals surface area contributed by atoms with E-state index in [1.807, 2.05) is 68.4 Å². The van der Waals surface area contributed by atoms with Gasteiger partial charge in [-0.3, -0.25) is 4.79 Å². The van der Waals surface area contributed by atoms with Gasteiger partial charge in [0.2, 0.25) is 5.91 Å². The Hall–Kier alpha value is -2.95. The van der Waals surface area contributed by atoms with Crippen molar-refractivity contribution in [1.29, 1.82) is 0 Å². The number of aryl methyl sites for hydroxylation is 2. The SMILES string of the molecule is Cc1nc(-c2ccccc2C)n(CC(=O)N(C)c2ccccc2)n1. The summed E-state index contributed by atoms with van der Waals surface area (Å²) in [5, 5.41) is 4.40. The number of likely N-dealkylation sites (N-methyl/N-ethyl adjacent to an activating group) is 1. The van der Waals surface area contributed by atoms with E-state index in [9.17, 15) is 4.79 Å². The van der Waals surface area contributed by atoms with Gasteiger partial charge in [0.15, 0.2) is 5.82 Å². The van der Waals surface area contributed by atoms with Crippen LogP contribution >= 0.6 is 0 Å². The quantitative estimate of drug-likeness (QED) is 0.741. The molecule has 0 aliphatic carbocycles. The Morgan fingerprint density at radius 1 is 1.04 bits per heavy atom. The van der Waals surface area contributed by atoms with Gasteiger partial charge in [0, 0.05) is 18.3 Å². The second-order valence-electron chi connectivity index (χ2n) is 5.74. The lowest BCUT2D eigenvalue weighted by atomic mass is 10.1. The predicted octanol–water partition coefficient (Wildman–Crippen LogP) is 3.22. The molecule has 24 heavy (non-hydrogen) atoms. The lowest BCUT2D eigenvalue weighted by Gasteiger charge is -2.17. The molecule has 0 aliphatic heterocycles. The Morgan fingerprint density at radius 2 is 1.71 bits per heavy atom. The summed E-state index contributed by atoms with van der Waals surface area (Å²) < 4.78 is 1.68. The first kappa shape index (κ1) is 15.9. The van der Waals surface area contributed by atoms with Gasteiger partial charge in [-0.2, -0.15) is 5.10 Å². The first-order valence-electron chi connectivity index (χ1n) is 7.85. The molecule has 0 atom stereocenters. The Kier molecular flexibility index (Phi) is 4.42. The lowest BCUT2D eigenvalue weighted by molar-refractivity contribution is -0.119. The van der Waals surface area contributed by atoms with Crippen LogP contribution in [-0.4, -0.2) is 27.7 Å². The van der Waals surface area contributed by atoms with Gasteiger partial charge in [-0.15, -0.1) is 0 Å². The first-order valence-corrected chi connectivity index (χ1v) is 7.85. The fourth-order valence-electron chi connectivity index (χ4n) is 2.62. The van der Waals surface area contributed by atoms with Crippen molar-refractivity contribution < 1.29 is 4.79 Å². The van der Waals surface area contributed by atoms with Crippen LogP contribution in [0, 0.1) is 13.8 Å². The zero-order valence-corrected chi connectivity index (χ0v) is 14.1. The van der Waals surface area contributed by atoms with Crippen LogP contribution in [0.5, 0.6) is 0 Å². The van der Waals surface area contributed by atoms with E-state index in [4.69, 9.17) is 0 Å². The minimum Gasteiger partial charge on any atom is -0.314 e. The first-order chi connectivity index (χ1) is 11.6. The molecule has 1 heterocycles. The van der Waals surface area contributed by atoms with Gasteiger partial charge in [-0.05, 0) is 31.5 Å². The molecule has 1 amide bonds. The number of rotatable bonds is 4. The zero-order valence-electron chi connectivity index (χ0n) is 14.1. The largest absolute Gasteiger partial charge is 0.314 e. The molecule has 0 spiro atoms. The van der Waals surface area contributed by atoms with Crippen LogP contribution < -0.4 is 4.90 Å². The molecule has 1 aromatic heterocycles. The number of carbonyl (C=O) groups is 1. The summed E-state index contributed by atoms with van der Waals surface area (Å²) >= 11 is 0. The number of aromatic nitrogens is 3. The Balaban J connectivity index is 1.89. The summed E-state index contributed by atoms with van der Waals surface area (Å²) in [5.74, 6) is 1.34. The third-order valence-corrected chi connectivity index (χ3v) is 3.97. The summed E-state index contributed by atoms with van der Waals surface area (Å²) in [4.78, 5) is 18.8. The maximum absolute atomic E-state index is 12.6. The van der Waals surface area contributed by atoms with E-state index in [-0.39, 0.29) is 12.5 Å². The van der Waals surface area contributed by atoms with Crippen molar-refractivity contribution in [2.45, 2.75) is 20.4 Å². The number of amides is 1. The molecule has 0 unspecified atom stereocenters. The number of para-hydroxylation sites is 1. The van der Waals surface area contributed by atoms with E-state index in [0.29, 0.717) is 5.82 Å². The smallest absolute Gasteiger partial charge is 0.248 e. The molecular weight excluding hydrogens is 300 g/mol. The lowest BCUT2D eigenvalue weighted by Crippen LogP contribution is -2.30.